The highest BCUT2D eigenvalue weighted by Gasteiger charge is 2.63. The number of alkyl halides is 3. The van der Waals surface area contributed by atoms with Crippen molar-refractivity contribution in [3.63, 3.8) is 0 Å². The normalized spacial score (nSPS) is 18.6. The lowest BCUT2D eigenvalue weighted by Crippen LogP contribution is -2.41. The van der Waals surface area contributed by atoms with Crippen molar-refractivity contribution in [2.24, 2.45) is 16.2 Å². The Hall–Kier alpha value is -2.83. The molecule has 0 aromatic heterocycles. The van der Waals surface area contributed by atoms with E-state index >= 15 is 0 Å². The van der Waals surface area contributed by atoms with Crippen molar-refractivity contribution in [1.82, 2.24) is 0 Å². The number of hydrogen-bond acceptors (Lipinski definition) is 7. The quantitative estimate of drug-likeness (QED) is 0.114. The van der Waals surface area contributed by atoms with E-state index in [1.54, 1.807) is 12.1 Å². The molecule has 0 saturated carbocycles. The first-order valence-electron chi connectivity index (χ1n) is 24.2. The second-order valence-electron chi connectivity index (χ2n) is 26.8. The first-order chi connectivity index (χ1) is 30.1. The Morgan fingerprint density at radius 3 is 0.853 bits per heavy atom. The number of halogens is 3. The van der Waals surface area contributed by atoms with Gasteiger partial charge in [0.15, 0.2) is 0 Å². The van der Waals surface area contributed by atoms with Crippen LogP contribution in [0.25, 0.3) is 11.1 Å². The maximum Gasteiger partial charge on any atom is 0.534 e. The zero-order chi connectivity index (χ0) is 52.8. The first-order valence-corrected chi connectivity index (χ1v) is 25.6. The van der Waals surface area contributed by atoms with Gasteiger partial charge in [0, 0.05) is 0 Å². The Bertz CT molecular complexity index is 2090. The van der Waals surface area contributed by atoms with Crippen LogP contribution in [-0.2, 0) is 45.0 Å². The molecule has 0 bridgehead atoms. The van der Waals surface area contributed by atoms with Gasteiger partial charge >= 0.3 is 29.6 Å². The average molecular weight is 971 g/mol. The maximum absolute atomic E-state index is 12.3. The van der Waals surface area contributed by atoms with E-state index in [4.69, 9.17) is 18.6 Å². The Labute approximate surface area is 412 Å². The minimum absolute atomic E-state index is 0.0816. The van der Waals surface area contributed by atoms with Gasteiger partial charge < -0.3 is 22.8 Å². The van der Waals surface area contributed by atoms with Gasteiger partial charge in [-0.25, -0.2) is 0 Å². The van der Waals surface area contributed by atoms with Crippen molar-refractivity contribution in [3.05, 3.63) is 89.5 Å². The molecule has 0 radical (unpaired) electrons. The summed E-state index contributed by atoms with van der Waals surface area (Å²) < 4.78 is 86.6. The summed E-state index contributed by atoms with van der Waals surface area (Å²) in [5, 5.41) is 0. The lowest BCUT2D eigenvalue weighted by Gasteiger charge is -2.33. The van der Waals surface area contributed by atoms with Gasteiger partial charge in [0.25, 0.3) is 0 Å². The van der Waals surface area contributed by atoms with E-state index in [9.17, 15) is 21.6 Å². The second-order valence-corrected chi connectivity index (χ2v) is 28.3. The minimum atomic E-state index is -5.63. The van der Waals surface area contributed by atoms with Crippen molar-refractivity contribution >= 4 is 24.1 Å². The molecule has 2 aliphatic heterocycles. The topological polar surface area (TPSA) is 80.3 Å². The summed E-state index contributed by atoms with van der Waals surface area (Å²) in [4.78, 5) is 0. The van der Waals surface area contributed by atoms with E-state index in [2.05, 4.69) is 143 Å². The zero-order valence-corrected chi connectivity index (χ0v) is 46.9. The van der Waals surface area contributed by atoms with E-state index in [1.165, 1.54) is 47.2 Å². The molecule has 0 unspecified atom stereocenters. The molecular formula is C55H87B2F3O7S. The van der Waals surface area contributed by atoms with Crippen LogP contribution in [0.3, 0.4) is 0 Å². The zero-order valence-electron chi connectivity index (χ0n) is 46.1. The number of rotatable bonds is 10. The van der Waals surface area contributed by atoms with Crippen molar-refractivity contribution < 1.29 is 44.4 Å². The van der Waals surface area contributed by atoms with Crippen molar-refractivity contribution in [2.75, 3.05) is 0 Å². The van der Waals surface area contributed by atoms with Crippen LogP contribution in [0.4, 0.5) is 13.2 Å². The molecule has 5 rings (SSSR count). The van der Waals surface area contributed by atoms with Crippen molar-refractivity contribution in [3.8, 4) is 16.9 Å². The highest BCUT2D eigenvalue weighted by molar-refractivity contribution is 7.88. The average Bonchev–Trinajstić information content (AvgIpc) is 3.48. The fourth-order valence-corrected chi connectivity index (χ4v) is 10.1. The predicted molar refractivity (Wildman–Crippen MR) is 277 cm³/mol. The van der Waals surface area contributed by atoms with Crippen LogP contribution < -0.4 is 4.18 Å². The highest BCUT2D eigenvalue weighted by Crippen LogP contribution is 2.44. The van der Waals surface area contributed by atoms with Gasteiger partial charge in [-0.3, -0.25) is 0 Å². The monoisotopic (exact) mass is 971 g/mol. The van der Waals surface area contributed by atoms with Crippen LogP contribution in [0.5, 0.6) is 5.75 Å². The van der Waals surface area contributed by atoms with Crippen molar-refractivity contribution in [1.29, 1.82) is 0 Å². The molecular weight excluding hydrogens is 883 g/mol. The second kappa shape index (κ2) is 20.0. The van der Waals surface area contributed by atoms with Gasteiger partial charge in [0.1, 0.15) is 5.75 Å². The minimum Gasteiger partial charge on any atom is -0.405 e. The first kappa shape index (κ1) is 59.5. The SMILES string of the molecule is CC(C)(C)CC(C)(C)c1ccc(-c2ccc(C(C)(C)CC(C)(C)C)cc2)cc1.CC(C)(C)CC(C)(C)c1ccc(OS(=O)(=O)C(F)(F)F)cc1.CC1(C)OB(B2OC(C)(C)C(C)(C)O2)OC1(C)C. The molecule has 2 saturated heterocycles. The van der Waals surface area contributed by atoms with Gasteiger partial charge in [-0.05, 0) is 147 Å². The lowest BCUT2D eigenvalue weighted by molar-refractivity contribution is -0.0500. The third-order valence-electron chi connectivity index (χ3n) is 13.5. The van der Waals surface area contributed by atoms with E-state index in [0.717, 1.165) is 12.0 Å². The largest absolute Gasteiger partial charge is 0.534 e. The Balaban J connectivity index is 0.000000277. The molecule has 0 spiro atoms. The molecule has 0 amide bonds. The molecule has 13 heteroatoms. The molecule has 3 aromatic carbocycles. The van der Waals surface area contributed by atoms with Crippen LogP contribution in [0.15, 0.2) is 72.8 Å². The van der Waals surface area contributed by atoms with E-state index < -0.39 is 29.6 Å². The molecule has 68 heavy (non-hydrogen) atoms. The molecule has 0 atom stereocenters. The molecule has 2 fully saturated rings. The predicted octanol–water partition coefficient (Wildman–Crippen LogP) is 15.7. The maximum atomic E-state index is 12.3. The molecule has 7 nitrogen and oxygen atoms in total. The van der Waals surface area contributed by atoms with Crippen LogP contribution in [-0.4, -0.2) is 50.3 Å². The summed E-state index contributed by atoms with van der Waals surface area (Å²) >= 11 is 0. The summed E-state index contributed by atoms with van der Waals surface area (Å²) in [6.07, 6.45) is 3.22. The van der Waals surface area contributed by atoms with E-state index in [1.807, 2.05) is 69.2 Å². The molecule has 2 aliphatic rings. The highest BCUT2D eigenvalue weighted by atomic mass is 32.2. The Morgan fingerprint density at radius 1 is 0.426 bits per heavy atom. The molecule has 3 aromatic rings. The summed E-state index contributed by atoms with van der Waals surface area (Å²) in [6, 6.07) is 24.1. The molecule has 0 aliphatic carbocycles. The van der Waals surface area contributed by atoms with Gasteiger partial charge in [0.05, 0.1) is 22.4 Å². The summed E-state index contributed by atoms with van der Waals surface area (Å²) in [6.45, 7) is 50.0. The third kappa shape index (κ3) is 16.1. The van der Waals surface area contributed by atoms with Gasteiger partial charge in [-0.1, -0.05) is 165 Å². The standard InChI is InChI=1S/C28H42.C15H21F3O3S.C12H24B2O4/c1-25(2,3)19-27(7,8)23-15-11-21(12-16-23)22-13-17-24(18-14-22)28(9,10)20-26(4,5)6;1-13(2,3)10-14(4,5)11-6-8-12(9-7-11)21-22(19,20)15(16,17)18;1-9(2)10(3,4)16-13(15-9)14-17-11(5,6)12(7,8)18-14/h11-18H,19-20H2,1-10H3;6-9H,10H2,1-5H3;1-8H3. The fourth-order valence-electron chi connectivity index (χ4n) is 9.65. The van der Waals surface area contributed by atoms with Gasteiger partial charge in [-0.15, -0.1) is 0 Å². The number of benzene rings is 3. The van der Waals surface area contributed by atoms with E-state index in [-0.39, 0.29) is 49.8 Å². The van der Waals surface area contributed by atoms with Gasteiger partial charge in [-0.2, -0.15) is 21.6 Å². The fraction of sp³-hybridized carbons (Fsp3) is 0.673. The Kier molecular flexibility index (Phi) is 17.5. The molecule has 382 valence electrons. The summed E-state index contributed by atoms with van der Waals surface area (Å²) in [5.41, 5.74) is 0.416. The summed E-state index contributed by atoms with van der Waals surface area (Å²) in [5.74, 6) is -0.354. The summed E-state index contributed by atoms with van der Waals surface area (Å²) in [7, 11) is -6.58. The van der Waals surface area contributed by atoms with Crippen LogP contribution in [0.2, 0.25) is 0 Å². The number of hydrogen-bond donors (Lipinski definition) is 0. The smallest absolute Gasteiger partial charge is 0.405 e. The van der Waals surface area contributed by atoms with Crippen molar-refractivity contribution in [2.45, 2.75) is 223 Å². The molecule has 0 N–H and O–H groups in total. The lowest BCUT2D eigenvalue weighted by atomic mass is 9.49. The third-order valence-corrected chi connectivity index (χ3v) is 14.5. The Morgan fingerprint density at radius 2 is 0.647 bits per heavy atom. The molecule has 2 heterocycles. The van der Waals surface area contributed by atoms with Gasteiger partial charge in [0.2, 0.25) is 0 Å². The van der Waals surface area contributed by atoms with Crippen LogP contribution >= 0.6 is 0 Å². The van der Waals surface area contributed by atoms with Crippen LogP contribution in [0, 0.1) is 16.2 Å². The van der Waals surface area contributed by atoms with Crippen LogP contribution in [0.1, 0.15) is 195 Å². The van der Waals surface area contributed by atoms with E-state index in [0.29, 0.717) is 10.8 Å².